The Morgan fingerprint density at radius 1 is 1.18 bits per heavy atom. The second kappa shape index (κ2) is 7.42. The molecule has 0 saturated heterocycles. The lowest BCUT2D eigenvalue weighted by molar-refractivity contribution is -0.384. The van der Waals surface area contributed by atoms with Crippen molar-refractivity contribution in [3.8, 4) is 5.75 Å². The van der Waals surface area contributed by atoms with Crippen LogP contribution < -0.4 is 10.1 Å². The molecule has 0 aliphatic rings. The molecule has 0 bridgehead atoms. The maximum atomic E-state index is 11.8. The SMILES string of the molecule is O=C(CCOc1ccc([N+](=O)[O-])cc1)Nc1ccccc1Cl. The summed E-state index contributed by atoms with van der Waals surface area (Å²) in [5, 5.41) is 13.7. The molecule has 1 amide bonds. The number of nitro groups is 1. The quantitative estimate of drug-likeness (QED) is 0.650. The second-order valence-corrected chi connectivity index (χ2v) is 4.78. The molecule has 0 saturated carbocycles. The fourth-order valence-electron chi connectivity index (χ4n) is 1.70. The van der Waals surface area contributed by atoms with E-state index in [4.69, 9.17) is 16.3 Å². The third-order valence-corrected chi connectivity index (χ3v) is 3.12. The van der Waals surface area contributed by atoms with Gasteiger partial charge < -0.3 is 10.1 Å². The van der Waals surface area contributed by atoms with E-state index in [0.29, 0.717) is 16.5 Å². The fourth-order valence-corrected chi connectivity index (χ4v) is 1.88. The van der Waals surface area contributed by atoms with Crippen molar-refractivity contribution in [1.82, 2.24) is 0 Å². The van der Waals surface area contributed by atoms with Crippen molar-refractivity contribution in [2.24, 2.45) is 0 Å². The highest BCUT2D eigenvalue weighted by Crippen LogP contribution is 2.21. The molecule has 0 unspecified atom stereocenters. The van der Waals surface area contributed by atoms with Gasteiger partial charge in [-0.3, -0.25) is 14.9 Å². The summed E-state index contributed by atoms with van der Waals surface area (Å²) in [7, 11) is 0. The first-order valence-electron chi connectivity index (χ1n) is 6.48. The Morgan fingerprint density at radius 2 is 1.86 bits per heavy atom. The number of hydrogen-bond donors (Lipinski definition) is 1. The molecule has 114 valence electrons. The Labute approximate surface area is 131 Å². The van der Waals surface area contributed by atoms with Crippen molar-refractivity contribution >= 4 is 28.9 Å². The Hall–Kier alpha value is -2.60. The van der Waals surface area contributed by atoms with E-state index in [9.17, 15) is 14.9 Å². The molecule has 0 radical (unpaired) electrons. The van der Waals surface area contributed by atoms with Gasteiger partial charge in [-0.15, -0.1) is 0 Å². The second-order valence-electron chi connectivity index (χ2n) is 4.38. The van der Waals surface area contributed by atoms with E-state index in [0.717, 1.165) is 0 Å². The molecule has 0 atom stereocenters. The third kappa shape index (κ3) is 4.46. The van der Waals surface area contributed by atoms with Crippen LogP contribution in [0.5, 0.6) is 5.75 Å². The summed E-state index contributed by atoms with van der Waals surface area (Å²) < 4.78 is 5.36. The van der Waals surface area contributed by atoms with Crippen molar-refractivity contribution in [1.29, 1.82) is 0 Å². The number of nitrogens with zero attached hydrogens (tertiary/aromatic N) is 1. The number of nitro benzene ring substituents is 1. The molecule has 6 nitrogen and oxygen atoms in total. The summed E-state index contributed by atoms with van der Waals surface area (Å²) in [6, 6.07) is 12.6. The van der Waals surface area contributed by atoms with Gasteiger partial charge in [0.05, 0.1) is 28.7 Å². The number of para-hydroxylation sites is 1. The summed E-state index contributed by atoms with van der Waals surface area (Å²) in [6.45, 7) is 0.161. The standard InChI is InChI=1S/C15H13ClN2O4/c16-13-3-1-2-4-14(13)17-15(19)9-10-22-12-7-5-11(6-8-12)18(20)21/h1-8H,9-10H2,(H,17,19). The molecule has 0 aliphatic heterocycles. The van der Waals surface area contributed by atoms with Gasteiger partial charge in [0.25, 0.3) is 5.69 Å². The van der Waals surface area contributed by atoms with Crippen LogP contribution in [0.3, 0.4) is 0 Å². The maximum Gasteiger partial charge on any atom is 0.269 e. The molecular weight excluding hydrogens is 308 g/mol. The normalized spacial score (nSPS) is 10.0. The zero-order valence-electron chi connectivity index (χ0n) is 11.5. The minimum Gasteiger partial charge on any atom is -0.493 e. The smallest absolute Gasteiger partial charge is 0.269 e. The van der Waals surface area contributed by atoms with Crippen LogP contribution >= 0.6 is 11.6 Å². The minimum absolute atomic E-state index is 0.0104. The average Bonchev–Trinajstić information content (AvgIpc) is 2.50. The first kappa shape index (κ1) is 15.8. The molecule has 1 N–H and O–H groups in total. The number of ether oxygens (including phenoxy) is 1. The monoisotopic (exact) mass is 320 g/mol. The lowest BCUT2D eigenvalue weighted by Gasteiger charge is -2.08. The van der Waals surface area contributed by atoms with E-state index >= 15 is 0 Å². The van der Waals surface area contributed by atoms with Crippen molar-refractivity contribution in [2.45, 2.75) is 6.42 Å². The molecule has 0 aromatic heterocycles. The van der Waals surface area contributed by atoms with Crippen LogP contribution in [0.1, 0.15) is 6.42 Å². The molecule has 0 heterocycles. The number of rotatable bonds is 6. The lowest BCUT2D eigenvalue weighted by Crippen LogP contribution is -2.15. The number of carbonyl (C=O) groups is 1. The van der Waals surface area contributed by atoms with Gasteiger partial charge in [-0.2, -0.15) is 0 Å². The summed E-state index contributed by atoms with van der Waals surface area (Å²) in [4.78, 5) is 21.8. The summed E-state index contributed by atoms with van der Waals surface area (Å²) >= 11 is 5.94. The molecule has 2 aromatic carbocycles. The molecule has 22 heavy (non-hydrogen) atoms. The van der Waals surface area contributed by atoms with E-state index in [2.05, 4.69) is 5.32 Å². The molecule has 7 heteroatoms. The molecular formula is C15H13ClN2O4. The van der Waals surface area contributed by atoms with E-state index in [-0.39, 0.29) is 24.6 Å². The Bertz CT molecular complexity index is 673. The predicted molar refractivity (Wildman–Crippen MR) is 83.3 cm³/mol. The van der Waals surface area contributed by atoms with E-state index in [1.807, 2.05) is 0 Å². The minimum atomic E-state index is -0.485. The van der Waals surface area contributed by atoms with Crippen molar-refractivity contribution in [2.75, 3.05) is 11.9 Å². The van der Waals surface area contributed by atoms with Crippen LogP contribution in [0, 0.1) is 10.1 Å². The number of amides is 1. The maximum absolute atomic E-state index is 11.8. The van der Waals surface area contributed by atoms with Crippen LogP contribution in [0.25, 0.3) is 0 Å². The summed E-state index contributed by atoms with van der Waals surface area (Å²) in [6.07, 6.45) is 0.141. The third-order valence-electron chi connectivity index (χ3n) is 2.79. The highest BCUT2D eigenvalue weighted by molar-refractivity contribution is 6.33. The van der Waals surface area contributed by atoms with Gasteiger partial charge in [-0.25, -0.2) is 0 Å². The number of anilines is 1. The number of halogens is 1. The van der Waals surface area contributed by atoms with E-state index in [1.165, 1.54) is 24.3 Å². The van der Waals surface area contributed by atoms with Gasteiger partial charge in [0.2, 0.25) is 5.91 Å². The van der Waals surface area contributed by atoms with Gasteiger partial charge in [0, 0.05) is 12.1 Å². The fraction of sp³-hybridized carbons (Fsp3) is 0.133. The summed E-state index contributed by atoms with van der Waals surface area (Å²) in [5.41, 5.74) is 0.535. The van der Waals surface area contributed by atoms with Gasteiger partial charge in [-0.1, -0.05) is 23.7 Å². The highest BCUT2D eigenvalue weighted by Gasteiger charge is 2.07. The first-order chi connectivity index (χ1) is 10.6. The van der Waals surface area contributed by atoms with Gasteiger partial charge >= 0.3 is 0 Å². The zero-order chi connectivity index (χ0) is 15.9. The number of benzene rings is 2. The molecule has 2 rings (SSSR count). The van der Waals surface area contributed by atoms with Crippen molar-refractivity contribution < 1.29 is 14.5 Å². The largest absolute Gasteiger partial charge is 0.493 e. The van der Waals surface area contributed by atoms with Crippen LogP contribution in [0.15, 0.2) is 48.5 Å². The van der Waals surface area contributed by atoms with Gasteiger partial charge in [0.15, 0.2) is 0 Å². The molecule has 2 aromatic rings. The van der Waals surface area contributed by atoms with E-state index < -0.39 is 4.92 Å². The molecule has 0 fully saturated rings. The van der Waals surface area contributed by atoms with E-state index in [1.54, 1.807) is 24.3 Å². The predicted octanol–water partition coefficient (Wildman–Crippen LogP) is 3.66. The van der Waals surface area contributed by atoms with Crippen molar-refractivity contribution in [3.63, 3.8) is 0 Å². The van der Waals surface area contributed by atoms with Crippen LogP contribution in [0.4, 0.5) is 11.4 Å². The number of carbonyl (C=O) groups excluding carboxylic acids is 1. The number of nitrogens with one attached hydrogen (secondary N) is 1. The molecule has 0 spiro atoms. The lowest BCUT2D eigenvalue weighted by atomic mass is 10.3. The topological polar surface area (TPSA) is 81.5 Å². The van der Waals surface area contributed by atoms with Gasteiger partial charge in [0.1, 0.15) is 5.75 Å². The van der Waals surface area contributed by atoms with Crippen LogP contribution in [-0.4, -0.2) is 17.4 Å². The Balaban J connectivity index is 1.79. The van der Waals surface area contributed by atoms with Crippen LogP contribution in [-0.2, 0) is 4.79 Å². The zero-order valence-corrected chi connectivity index (χ0v) is 12.2. The van der Waals surface area contributed by atoms with Crippen molar-refractivity contribution in [3.05, 3.63) is 63.7 Å². The summed E-state index contributed by atoms with van der Waals surface area (Å²) in [5.74, 6) is 0.242. The Morgan fingerprint density at radius 3 is 2.50 bits per heavy atom. The number of non-ortho nitro benzene ring substituents is 1. The van der Waals surface area contributed by atoms with Crippen LogP contribution in [0.2, 0.25) is 5.02 Å². The number of hydrogen-bond acceptors (Lipinski definition) is 4. The molecule has 0 aliphatic carbocycles. The average molecular weight is 321 g/mol. The first-order valence-corrected chi connectivity index (χ1v) is 6.85. The Kier molecular flexibility index (Phi) is 5.32. The highest BCUT2D eigenvalue weighted by atomic mass is 35.5. The van der Waals surface area contributed by atoms with Gasteiger partial charge in [-0.05, 0) is 24.3 Å².